The molecule has 2 aromatic carbocycles. The van der Waals surface area contributed by atoms with E-state index in [0.29, 0.717) is 24.3 Å². The van der Waals surface area contributed by atoms with Crippen LogP contribution >= 0.6 is 0 Å². The number of hydrogen-bond donors (Lipinski definition) is 1. The van der Waals surface area contributed by atoms with E-state index in [1.165, 1.54) is 5.56 Å². The van der Waals surface area contributed by atoms with Gasteiger partial charge in [0.15, 0.2) is 0 Å². The molecule has 4 saturated heterocycles. The van der Waals surface area contributed by atoms with Crippen molar-refractivity contribution in [2.75, 3.05) is 52.9 Å². The minimum atomic E-state index is -0.281. The zero-order valence-corrected chi connectivity index (χ0v) is 23.2. The first kappa shape index (κ1) is 26.3. The number of carbonyl (C=O) groups excluding carboxylic acids is 2. The predicted octanol–water partition coefficient (Wildman–Crippen LogP) is 3.50. The maximum absolute atomic E-state index is 14.1. The van der Waals surface area contributed by atoms with E-state index < -0.39 is 0 Å². The summed E-state index contributed by atoms with van der Waals surface area (Å²) in [4.78, 5) is 34.4. The number of ether oxygens (including phenoxy) is 1. The standard InChI is InChI=1S/C32H42N4O3/c1-39-26-11-9-24(10-12-26)23-36-20-15-32(31(36)38)13-18-34(19-14-32)29(30(37)35-16-5-6-17-35)28-22-33-21-27(28)25-7-3-2-4-8-25/h2-4,7-12,27-29,33H,5-6,13-23H2,1H3/t27-,28-,29?/m1/s1. The van der Waals surface area contributed by atoms with Crippen LogP contribution < -0.4 is 10.1 Å². The fourth-order valence-electron chi connectivity index (χ4n) is 7.52. The van der Waals surface area contributed by atoms with E-state index in [2.05, 4.69) is 45.4 Å². The lowest BCUT2D eigenvalue weighted by Crippen LogP contribution is -2.57. The second-order valence-corrected chi connectivity index (χ2v) is 12.0. The highest BCUT2D eigenvalue weighted by Crippen LogP contribution is 2.44. The molecular weight excluding hydrogens is 488 g/mol. The molecule has 0 aromatic heterocycles. The SMILES string of the molecule is COc1ccc(CN2CCC3(CCN(C(C(=O)N4CCCC4)[C@@H]4CNC[C@@H]4c4ccccc4)CC3)C2=O)cc1. The Morgan fingerprint density at radius 1 is 0.949 bits per heavy atom. The Kier molecular flexibility index (Phi) is 7.63. The highest BCUT2D eigenvalue weighted by Gasteiger charge is 2.51. The topological polar surface area (TPSA) is 65.1 Å². The van der Waals surface area contributed by atoms with Gasteiger partial charge in [0, 0.05) is 51.1 Å². The van der Waals surface area contributed by atoms with Crippen LogP contribution in [0.25, 0.3) is 0 Å². The summed E-state index contributed by atoms with van der Waals surface area (Å²) in [6.45, 7) is 6.61. The molecule has 3 atom stereocenters. The van der Waals surface area contributed by atoms with Crippen molar-refractivity contribution in [2.45, 2.75) is 50.6 Å². The van der Waals surface area contributed by atoms with Gasteiger partial charge in [-0.25, -0.2) is 0 Å². The van der Waals surface area contributed by atoms with Crippen molar-refractivity contribution in [1.82, 2.24) is 20.0 Å². The number of methoxy groups -OCH3 is 1. The second-order valence-electron chi connectivity index (χ2n) is 12.0. The molecule has 2 aromatic rings. The molecule has 4 fully saturated rings. The van der Waals surface area contributed by atoms with Crippen LogP contribution in [0.3, 0.4) is 0 Å². The molecule has 4 heterocycles. The van der Waals surface area contributed by atoms with E-state index >= 15 is 0 Å². The van der Waals surface area contributed by atoms with Crippen molar-refractivity contribution < 1.29 is 14.3 Å². The van der Waals surface area contributed by atoms with Gasteiger partial charge in [-0.2, -0.15) is 0 Å². The van der Waals surface area contributed by atoms with Crippen molar-refractivity contribution in [1.29, 1.82) is 0 Å². The molecule has 7 nitrogen and oxygen atoms in total. The van der Waals surface area contributed by atoms with Gasteiger partial charge in [0.1, 0.15) is 5.75 Å². The number of hydrogen-bond acceptors (Lipinski definition) is 5. The van der Waals surface area contributed by atoms with Crippen molar-refractivity contribution in [2.24, 2.45) is 11.3 Å². The van der Waals surface area contributed by atoms with E-state index in [0.717, 1.165) is 89.2 Å². The van der Waals surface area contributed by atoms with Gasteiger partial charge in [0.2, 0.25) is 11.8 Å². The Morgan fingerprint density at radius 2 is 1.64 bits per heavy atom. The number of nitrogens with one attached hydrogen (secondary N) is 1. The van der Waals surface area contributed by atoms with Crippen molar-refractivity contribution >= 4 is 11.8 Å². The highest BCUT2D eigenvalue weighted by molar-refractivity contribution is 5.85. The van der Waals surface area contributed by atoms with Gasteiger partial charge in [-0.1, -0.05) is 42.5 Å². The largest absolute Gasteiger partial charge is 0.497 e. The molecule has 208 valence electrons. The molecule has 0 radical (unpaired) electrons. The van der Waals surface area contributed by atoms with E-state index in [1.54, 1.807) is 7.11 Å². The molecule has 0 saturated carbocycles. The number of nitrogens with zero attached hydrogens (tertiary/aromatic N) is 3. The summed E-state index contributed by atoms with van der Waals surface area (Å²) >= 11 is 0. The molecule has 0 bridgehead atoms. The zero-order valence-electron chi connectivity index (χ0n) is 23.2. The lowest BCUT2D eigenvalue weighted by molar-refractivity contribution is -0.143. The quantitative estimate of drug-likeness (QED) is 0.594. The normalized spacial score (nSPS) is 25.9. The summed E-state index contributed by atoms with van der Waals surface area (Å²) in [6.07, 6.45) is 4.80. The number of piperidine rings is 1. The molecule has 2 amide bonds. The lowest BCUT2D eigenvalue weighted by Gasteiger charge is -2.44. The average molecular weight is 531 g/mol. The summed E-state index contributed by atoms with van der Waals surface area (Å²) in [6, 6.07) is 18.6. The van der Waals surface area contributed by atoms with Crippen LogP contribution in [0.1, 0.15) is 49.1 Å². The number of carbonyl (C=O) groups is 2. The molecule has 4 aliphatic rings. The lowest BCUT2D eigenvalue weighted by atomic mass is 9.75. The third-order valence-electron chi connectivity index (χ3n) is 9.85. The fourth-order valence-corrected chi connectivity index (χ4v) is 7.52. The van der Waals surface area contributed by atoms with Gasteiger partial charge in [0.05, 0.1) is 18.6 Å². The van der Waals surface area contributed by atoms with Gasteiger partial charge in [-0.05, 0) is 68.5 Å². The minimum absolute atomic E-state index is 0.132. The van der Waals surface area contributed by atoms with E-state index in [9.17, 15) is 9.59 Å². The van der Waals surface area contributed by atoms with Gasteiger partial charge in [-0.15, -0.1) is 0 Å². The van der Waals surface area contributed by atoms with Gasteiger partial charge in [-0.3, -0.25) is 14.5 Å². The summed E-state index contributed by atoms with van der Waals surface area (Å²) < 4.78 is 5.28. The Bertz CT molecular complexity index is 1140. The molecule has 1 N–H and O–H groups in total. The molecule has 7 heteroatoms. The number of benzene rings is 2. The van der Waals surface area contributed by atoms with Crippen LogP contribution in [-0.2, 0) is 16.1 Å². The van der Waals surface area contributed by atoms with Crippen LogP contribution in [-0.4, -0.2) is 85.5 Å². The molecule has 0 aliphatic carbocycles. The molecule has 6 rings (SSSR count). The van der Waals surface area contributed by atoms with Crippen molar-refractivity contribution in [3.63, 3.8) is 0 Å². The van der Waals surface area contributed by atoms with Crippen LogP contribution in [0, 0.1) is 11.3 Å². The van der Waals surface area contributed by atoms with Gasteiger partial charge >= 0.3 is 0 Å². The first-order valence-corrected chi connectivity index (χ1v) is 14.8. The number of amides is 2. The van der Waals surface area contributed by atoms with Crippen molar-refractivity contribution in [3.05, 3.63) is 65.7 Å². The van der Waals surface area contributed by atoms with Crippen molar-refractivity contribution in [3.8, 4) is 5.75 Å². The molecule has 1 spiro atoms. The van der Waals surface area contributed by atoms with Gasteiger partial charge < -0.3 is 19.9 Å². The smallest absolute Gasteiger partial charge is 0.240 e. The summed E-state index contributed by atoms with van der Waals surface area (Å²) in [5, 5.41) is 3.61. The summed E-state index contributed by atoms with van der Waals surface area (Å²) in [7, 11) is 1.67. The van der Waals surface area contributed by atoms with Crippen LogP contribution in [0.4, 0.5) is 0 Å². The maximum Gasteiger partial charge on any atom is 0.240 e. The Labute approximate surface area is 232 Å². The molecule has 1 unspecified atom stereocenters. The third-order valence-corrected chi connectivity index (χ3v) is 9.85. The molecule has 4 aliphatic heterocycles. The Hall–Kier alpha value is -2.90. The number of rotatable bonds is 7. The first-order chi connectivity index (χ1) is 19.1. The van der Waals surface area contributed by atoms with Crippen LogP contribution in [0.2, 0.25) is 0 Å². The van der Waals surface area contributed by atoms with E-state index in [-0.39, 0.29) is 17.4 Å². The highest BCUT2D eigenvalue weighted by atomic mass is 16.5. The summed E-state index contributed by atoms with van der Waals surface area (Å²) in [5.41, 5.74) is 2.17. The summed E-state index contributed by atoms with van der Waals surface area (Å²) in [5.74, 6) is 1.99. The third kappa shape index (κ3) is 5.19. The van der Waals surface area contributed by atoms with Crippen LogP contribution in [0.15, 0.2) is 54.6 Å². The predicted molar refractivity (Wildman–Crippen MR) is 151 cm³/mol. The number of likely N-dealkylation sites (tertiary alicyclic amines) is 3. The maximum atomic E-state index is 14.1. The van der Waals surface area contributed by atoms with E-state index in [1.807, 2.05) is 29.2 Å². The Morgan fingerprint density at radius 3 is 2.33 bits per heavy atom. The minimum Gasteiger partial charge on any atom is -0.497 e. The Balaban J connectivity index is 1.17. The molecule has 39 heavy (non-hydrogen) atoms. The second kappa shape index (κ2) is 11.3. The first-order valence-electron chi connectivity index (χ1n) is 14.8. The molecular formula is C32H42N4O3. The monoisotopic (exact) mass is 530 g/mol. The van der Waals surface area contributed by atoms with Crippen LogP contribution in [0.5, 0.6) is 5.75 Å². The fraction of sp³-hybridized carbons (Fsp3) is 0.562. The average Bonchev–Trinajstić information content (AvgIpc) is 3.74. The zero-order chi connectivity index (χ0) is 26.8. The van der Waals surface area contributed by atoms with Gasteiger partial charge in [0.25, 0.3) is 0 Å². The van der Waals surface area contributed by atoms with E-state index in [4.69, 9.17) is 4.74 Å².